The molecule has 2 rings (SSSR count). The van der Waals surface area contributed by atoms with E-state index in [1.165, 1.54) is 11.8 Å². The molecule has 0 fully saturated rings. The minimum absolute atomic E-state index is 0.163. The summed E-state index contributed by atoms with van der Waals surface area (Å²) in [7, 11) is 1.55. The van der Waals surface area contributed by atoms with Gasteiger partial charge in [-0.3, -0.25) is 9.59 Å². The Hall–Kier alpha value is -2.47. The lowest BCUT2D eigenvalue weighted by Gasteiger charge is -2.08. The number of anilines is 1. The van der Waals surface area contributed by atoms with E-state index in [1.54, 1.807) is 31.4 Å². The van der Waals surface area contributed by atoms with Crippen molar-refractivity contribution in [1.29, 1.82) is 0 Å². The van der Waals surface area contributed by atoms with Crippen molar-refractivity contribution in [2.24, 2.45) is 0 Å². The highest BCUT2D eigenvalue weighted by atomic mass is 32.2. The monoisotopic (exact) mass is 331 g/mol. The van der Waals surface area contributed by atoms with Crippen molar-refractivity contribution < 1.29 is 19.1 Å². The van der Waals surface area contributed by atoms with Crippen LogP contribution in [0.15, 0.2) is 59.5 Å². The van der Waals surface area contributed by atoms with Crippen LogP contribution in [0.5, 0.6) is 5.75 Å². The summed E-state index contributed by atoms with van der Waals surface area (Å²) in [5.41, 5.74) is 0.587. The molecule has 0 unspecified atom stereocenters. The molecule has 0 aromatic heterocycles. The van der Waals surface area contributed by atoms with Gasteiger partial charge in [0.2, 0.25) is 0 Å². The Kier molecular flexibility index (Phi) is 6.50. The molecule has 2 aromatic carbocycles. The van der Waals surface area contributed by atoms with Crippen LogP contribution in [0.3, 0.4) is 0 Å². The minimum atomic E-state index is -0.431. The first kappa shape index (κ1) is 16.9. The molecule has 0 aliphatic carbocycles. The Morgan fingerprint density at radius 3 is 2.61 bits per heavy atom. The molecule has 0 atom stereocenters. The van der Waals surface area contributed by atoms with Gasteiger partial charge in [0.05, 0.1) is 12.9 Å². The Morgan fingerprint density at radius 2 is 1.87 bits per heavy atom. The molecule has 0 bridgehead atoms. The lowest BCUT2D eigenvalue weighted by atomic mass is 10.3. The molecule has 0 aliphatic rings. The predicted molar refractivity (Wildman–Crippen MR) is 89.7 cm³/mol. The van der Waals surface area contributed by atoms with E-state index in [1.807, 2.05) is 30.3 Å². The van der Waals surface area contributed by atoms with Gasteiger partial charge in [-0.05, 0) is 24.3 Å². The second-order valence-electron chi connectivity index (χ2n) is 4.54. The van der Waals surface area contributed by atoms with E-state index in [4.69, 9.17) is 9.47 Å². The van der Waals surface area contributed by atoms with E-state index in [0.29, 0.717) is 11.4 Å². The van der Waals surface area contributed by atoms with Gasteiger partial charge in [-0.25, -0.2) is 0 Å². The van der Waals surface area contributed by atoms with Gasteiger partial charge in [-0.1, -0.05) is 24.3 Å². The zero-order valence-electron chi connectivity index (χ0n) is 12.7. The Balaban J connectivity index is 1.72. The van der Waals surface area contributed by atoms with Gasteiger partial charge in [0.1, 0.15) is 5.75 Å². The minimum Gasteiger partial charge on any atom is -0.497 e. The van der Waals surface area contributed by atoms with Gasteiger partial charge in [0, 0.05) is 16.6 Å². The molecule has 0 heterocycles. The average molecular weight is 331 g/mol. The van der Waals surface area contributed by atoms with E-state index in [0.717, 1.165) is 4.90 Å². The van der Waals surface area contributed by atoms with E-state index >= 15 is 0 Å². The predicted octanol–water partition coefficient (Wildman–Crippen LogP) is 2.97. The number of rotatable bonds is 7. The number of benzene rings is 2. The highest BCUT2D eigenvalue weighted by Crippen LogP contribution is 2.17. The summed E-state index contributed by atoms with van der Waals surface area (Å²) in [6, 6.07) is 16.5. The molecule has 23 heavy (non-hydrogen) atoms. The van der Waals surface area contributed by atoms with Gasteiger partial charge in [-0.2, -0.15) is 0 Å². The summed E-state index contributed by atoms with van der Waals surface area (Å²) in [5.74, 6) is -0.0220. The first-order valence-corrected chi connectivity index (χ1v) is 7.93. The Bertz CT molecular complexity index is 661. The van der Waals surface area contributed by atoms with Gasteiger partial charge >= 0.3 is 5.97 Å². The SMILES string of the molecule is COc1cccc(NC(=O)COC(=O)CSc2ccccc2)c1. The summed E-state index contributed by atoms with van der Waals surface area (Å²) >= 11 is 1.37. The number of hydrogen-bond acceptors (Lipinski definition) is 5. The summed E-state index contributed by atoms with van der Waals surface area (Å²) < 4.78 is 10.0. The smallest absolute Gasteiger partial charge is 0.316 e. The summed E-state index contributed by atoms with van der Waals surface area (Å²) in [4.78, 5) is 24.4. The molecule has 0 saturated carbocycles. The van der Waals surface area contributed by atoms with Crippen LogP contribution in [0.4, 0.5) is 5.69 Å². The highest BCUT2D eigenvalue weighted by Gasteiger charge is 2.09. The van der Waals surface area contributed by atoms with Gasteiger partial charge in [0.25, 0.3) is 5.91 Å². The largest absolute Gasteiger partial charge is 0.497 e. The van der Waals surface area contributed by atoms with Crippen LogP contribution in [-0.2, 0) is 14.3 Å². The molecular weight excluding hydrogens is 314 g/mol. The third-order valence-corrected chi connectivity index (χ3v) is 3.80. The molecule has 0 spiro atoms. The van der Waals surface area contributed by atoms with Crippen LogP contribution in [0.25, 0.3) is 0 Å². The van der Waals surface area contributed by atoms with Crippen LogP contribution < -0.4 is 10.1 Å². The maximum Gasteiger partial charge on any atom is 0.316 e. The fraction of sp³-hybridized carbons (Fsp3) is 0.176. The number of ether oxygens (including phenoxy) is 2. The van der Waals surface area contributed by atoms with Crippen LogP contribution in [0.2, 0.25) is 0 Å². The molecule has 0 aliphatic heterocycles. The molecule has 1 N–H and O–H groups in total. The van der Waals surface area contributed by atoms with Gasteiger partial charge < -0.3 is 14.8 Å². The second-order valence-corrected chi connectivity index (χ2v) is 5.59. The first-order chi connectivity index (χ1) is 11.2. The van der Waals surface area contributed by atoms with E-state index < -0.39 is 11.9 Å². The Morgan fingerprint density at radius 1 is 1.09 bits per heavy atom. The van der Waals surface area contributed by atoms with Crippen LogP contribution >= 0.6 is 11.8 Å². The lowest BCUT2D eigenvalue weighted by molar-refractivity contribution is -0.144. The topological polar surface area (TPSA) is 64.6 Å². The van der Waals surface area contributed by atoms with Crippen molar-refractivity contribution in [3.8, 4) is 5.75 Å². The molecule has 1 amide bonds. The van der Waals surface area contributed by atoms with E-state index in [2.05, 4.69) is 5.32 Å². The normalized spacial score (nSPS) is 9.96. The van der Waals surface area contributed by atoms with Crippen molar-refractivity contribution in [3.05, 3.63) is 54.6 Å². The number of carbonyl (C=O) groups is 2. The molecule has 0 saturated heterocycles. The molecule has 2 aromatic rings. The number of thioether (sulfide) groups is 1. The molecule has 5 nitrogen and oxygen atoms in total. The quantitative estimate of drug-likeness (QED) is 0.624. The maximum absolute atomic E-state index is 11.8. The number of methoxy groups -OCH3 is 1. The zero-order valence-corrected chi connectivity index (χ0v) is 13.5. The van der Waals surface area contributed by atoms with Crippen molar-refractivity contribution in [3.63, 3.8) is 0 Å². The zero-order chi connectivity index (χ0) is 16.5. The van der Waals surface area contributed by atoms with Crippen molar-refractivity contribution in [2.45, 2.75) is 4.90 Å². The standard InChI is InChI=1S/C17H17NO4S/c1-21-14-7-5-6-13(10-14)18-16(19)11-22-17(20)12-23-15-8-3-2-4-9-15/h2-10H,11-12H2,1H3,(H,18,19). The first-order valence-electron chi connectivity index (χ1n) is 6.95. The summed E-state index contributed by atoms with van der Waals surface area (Å²) in [6.07, 6.45) is 0. The van der Waals surface area contributed by atoms with Gasteiger partial charge in [0.15, 0.2) is 6.61 Å². The third-order valence-electron chi connectivity index (χ3n) is 2.82. The van der Waals surface area contributed by atoms with Crippen molar-refractivity contribution >= 4 is 29.3 Å². The van der Waals surface area contributed by atoms with Crippen molar-refractivity contribution in [2.75, 3.05) is 24.8 Å². The molecule has 6 heteroatoms. The maximum atomic E-state index is 11.8. The van der Waals surface area contributed by atoms with Crippen LogP contribution in [0.1, 0.15) is 0 Å². The van der Waals surface area contributed by atoms with Gasteiger partial charge in [-0.15, -0.1) is 11.8 Å². The third kappa shape index (κ3) is 6.04. The summed E-state index contributed by atoms with van der Waals surface area (Å²) in [6.45, 7) is -0.314. The number of nitrogens with one attached hydrogen (secondary N) is 1. The summed E-state index contributed by atoms with van der Waals surface area (Å²) in [5, 5.41) is 2.64. The van der Waals surface area contributed by atoms with E-state index in [9.17, 15) is 9.59 Å². The number of hydrogen-bond donors (Lipinski definition) is 1. The lowest BCUT2D eigenvalue weighted by Crippen LogP contribution is -2.21. The fourth-order valence-electron chi connectivity index (χ4n) is 1.74. The number of esters is 1. The highest BCUT2D eigenvalue weighted by molar-refractivity contribution is 8.00. The second kappa shape index (κ2) is 8.85. The molecule has 120 valence electrons. The average Bonchev–Trinajstić information content (AvgIpc) is 2.59. The van der Waals surface area contributed by atoms with Crippen LogP contribution in [-0.4, -0.2) is 31.3 Å². The van der Waals surface area contributed by atoms with Crippen molar-refractivity contribution in [1.82, 2.24) is 0 Å². The van der Waals surface area contributed by atoms with Crippen LogP contribution in [0, 0.1) is 0 Å². The van der Waals surface area contributed by atoms with E-state index in [-0.39, 0.29) is 12.4 Å². The fourth-order valence-corrected chi connectivity index (χ4v) is 2.46. The Labute approximate surface area is 139 Å². The molecule has 0 radical (unpaired) electrons. The number of amides is 1. The molecular formula is C17H17NO4S. The number of carbonyl (C=O) groups excluding carboxylic acids is 2.